The summed E-state index contributed by atoms with van der Waals surface area (Å²) in [5.41, 5.74) is 2.17. The average molecular weight is 341 g/mol. The summed E-state index contributed by atoms with van der Waals surface area (Å²) >= 11 is 0. The topological polar surface area (TPSA) is 83.4 Å². The first-order chi connectivity index (χ1) is 11.9. The molecule has 6 heteroatoms. The number of hydrogen-bond donors (Lipinski definition) is 3. The quantitative estimate of drug-likeness (QED) is 0.696. The fourth-order valence-corrected chi connectivity index (χ4v) is 2.45. The van der Waals surface area contributed by atoms with Gasteiger partial charge in [-0.3, -0.25) is 4.79 Å². The van der Waals surface area contributed by atoms with Gasteiger partial charge in [0.05, 0.1) is 5.92 Å². The second-order valence-corrected chi connectivity index (χ2v) is 5.78. The van der Waals surface area contributed by atoms with E-state index in [2.05, 4.69) is 22.5 Å². The van der Waals surface area contributed by atoms with Crippen molar-refractivity contribution in [3.8, 4) is 0 Å². The van der Waals surface area contributed by atoms with Gasteiger partial charge in [-0.05, 0) is 51.1 Å². The summed E-state index contributed by atoms with van der Waals surface area (Å²) in [4.78, 5) is 24.0. The van der Waals surface area contributed by atoms with Gasteiger partial charge in [0.25, 0.3) is 0 Å². The van der Waals surface area contributed by atoms with E-state index >= 15 is 0 Å². The van der Waals surface area contributed by atoms with Crippen molar-refractivity contribution in [3.05, 3.63) is 60.1 Å². The number of urea groups is 1. The van der Waals surface area contributed by atoms with Gasteiger partial charge in [-0.2, -0.15) is 0 Å². The Hall–Kier alpha value is -3.02. The van der Waals surface area contributed by atoms with E-state index in [0.29, 0.717) is 17.9 Å². The Morgan fingerprint density at radius 2 is 1.76 bits per heavy atom. The molecule has 1 heterocycles. The van der Waals surface area contributed by atoms with Gasteiger partial charge in [0.15, 0.2) is 0 Å². The summed E-state index contributed by atoms with van der Waals surface area (Å²) in [6.07, 6.45) is 1.60. The lowest BCUT2D eigenvalue weighted by Crippen LogP contribution is -2.28. The third kappa shape index (κ3) is 4.97. The van der Waals surface area contributed by atoms with Gasteiger partial charge >= 0.3 is 6.03 Å². The molecule has 2 aromatic rings. The summed E-state index contributed by atoms with van der Waals surface area (Å²) in [6, 6.07) is 8.50. The zero-order chi connectivity index (χ0) is 18.4. The van der Waals surface area contributed by atoms with Crippen LogP contribution in [-0.4, -0.2) is 18.5 Å². The summed E-state index contributed by atoms with van der Waals surface area (Å²) < 4.78 is 5.48. The molecule has 2 rings (SSSR count). The number of aryl methyl sites for hydroxylation is 2. The second-order valence-electron chi connectivity index (χ2n) is 5.78. The molecule has 0 fully saturated rings. The van der Waals surface area contributed by atoms with Crippen LogP contribution in [0.2, 0.25) is 0 Å². The molecule has 25 heavy (non-hydrogen) atoms. The fraction of sp³-hybridized carbons (Fsp3) is 0.263. The normalized spacial score (nSPS) is 11.5. The Bertz CT molecular complexity index is 763. The van der Waals surface area contributed by atoms with Crippen LogP contribution in [0.15, 0.2) is 47.4 Å². The maximum absolute atomic E-state index is 12.4. The van der Waals surface area contributed by atoms with E-state index in [1.54, 1.807) is 30.3 Å². The molecule has 0 unspecified atom stereocenters. The highest BCUT2D eigenvalue weighted by Gasteiger charge is 2.20. The molecule has 0 bridgehead atoms. The Morgan fingerprint density at radius 3 is 2.28 bits per heavy atom. The smallest absolute Gasteiger partial charge is 0.319 e. The predicted molar refractivity (Wildman–Crippen MR) is 98.9 cm³/mol. The highest BCUT2D eigenvalue weighted by atomic mass is 16.3. The van der Waals surface area contributed by atoms with Crippen molar-refractivity contribution in [2.24, 2.45) is 0 Å². The van der Waals surface area contributed by atoms with E-state index < -0.39 is 0 Å². The molecule has 0 spiro atoms. The van der Waals surface area contributed by atoms with Gasteiger partial charge in [0.1, 0.15) is 11.5 Å². The Morgan fingerprint density at radius 1 is 1.16 bits per heavy atom. The van der Waals surface area contributed by atoms with Gasteiger partial charge in [-0.25, -0.2) is 4.79 Å². The fourth-order valence-electron chi connectivity index (χ4n) is 2.45. The minimum absolute atomic E-state index is 0.117. The summed E-state index contributed by atoms with van der Waals surface area (Å²) in [7, 11) is 0. The van der Waals surface area contributed by atoms with E-state index in [1.165, 1.54) is 0 Å². The van der Waals surface area contributed by atoms with Crippen molar-refractivity contribution in [1.82, 2.24) is 5.32 Å². The highest BCUT2D eigenvalue weighted by molar-refractivity contribution is 5.96. The van der Waals surface area contributed by atoms with Gasteiger partial charge in [0.2, 0.25) is 5.91 Å². The lowest BCUT2D eigenvalue weighted by atomic mass is 10.0. The number of carbonyl (C=O) groups excluding carboxylic acids is 2. The minimum Gasteiger partial charge on any atom is -0.466 e. The van der Waals surface area contributed by atoms with Crippen molar-refractivity contribution in [2.75, 3.05) is 17.2 Å². The van der Waals surface area contributed by atoms with Gasteiger partial charge in [-0.15, -0.1) is 6.58 Å². The van der Waals surface area contributed by atoms with Gasteiger partial charge in [0, 0.05) is 23.5 Å². The first-order valence-electron chi connectivity index (χ1n) is 8.04. The molecule has 0 saturated heterocycles. The van der Waals surface area contributed by atoms with Crippen LogP contribution in [0.1, 0.15) is 29.9 Å². The molecule has 0 aliphatic rings. The number of anilines is 2. The average Bonchev–Trinajstić information content (AvgIpc) is 2.92. The minimum atomic E-state index is -0.320. The maximum atomic E-state index is 12.4. The van der Waals surface area contributed by atoms with Crippen LogP contribution >= 0.6 is 0 Å². The molecule has 0 aliphatic carbocycles. The first-order valence-corrected chi connectivity index (χ1v) is 8.04. The Balaban J connectivity index is 1.96. The number of benzene rings is 1. The Kier molecular flexibility index (Phi) is 6.00. The van der Waals surface area contributed by atoms with E-state index in [0.717, 1.165) is 17.1 Å². The lowest BCUT2D eigenvalue weighted by Gasteiger charge is -2.12. The zero-order valence-corrected chi connectivity index (χ0v) is 14.7. The first kappa shape index (κ1) is 18.3. The monoisotopic (exact) mass is 341 g/mol. The molecule has 0 saturated carbocycles. The van der Waals surface area contributed by atoms with Crippen LogP contribution in [-0.2, 0) is 4.79 Å². The zero-order valence-electron chi connectivity index (χ0n) is 14.7. The molecule has 3 amide bonds. The van der Waals surface area contributed by atoms with Crippen molar-refractivity contribution < 1.29 is 14.0 Å². The van der Waals surface area contributed by atoms with Crippen LogP contribution < -0.4 is 16.0 Å². The van der Waals surface area contributed by atoms with E-state index in [-0.39, 0.29) is 17.9 Å². The van der Waals surface area contributed by atoms with Crippen molar-refractivity contribution in [1.29, 1.82) is 0 Å². The van der Waals surface area contributed by atoms with Crippen molar-refractivity contribution in [3.63, 3.8) is 0 Å². The maximum Gasteiger partial charge on any atom is 0.319 e. The summed E-state index contributed by atoms with van der Waals surface area (Å²) in [5.74, 6) is 1.11. The van der Waals surface area contributed by atoms with Crippen molar-refractivity contribution >= 4 is 23.3 Å². The van der Waals surface area contributed by atoms with Gasteiger partial charge in [-0.1, -0.05) is 6.08 Å². The van der Waals surface area contributed by atoms with Crippen LogP contribution in [0, 0.1) is 13.8 Å². The van der Waals surface area contributed by atoms with E-state index in [4.69, 9.17) is 4.42 Å². The highest BCUT2D eigenvalue weighted by Crippen LogP contribution is 2.24. The largest absolute Gasteiger partial charge is 0.466 e. The number of hydrogen-bond acceptors (Lipinski definition) is 3. The molecule has 1 aromatic carbocycles. The predicted octanol–water partition coefficient (Wildman–Crippen LogP) is 3.95. The number of furan rings is 1. The standard InChI is InChI=1S/C19H23N3O3/c1-5-10-20-19(24)22-16-8-6-15(7-9-16)21-18(23)13(3)17-11-12(2)25-14(17)4/h5-9,11,13H,1,10H2,2-4H3,(H,21,23)(H2,20,22,24)/t13-/m1/s1. The van der Waals surface area contributed by atoms with E-state index in [9.17, 15) is 9.59 Å². The second kappa shape index (κ2) is 8.19. The number of nitrogens with one attached hydrogen (secondary N) is 3. The third-order valence-corrected chi connectivity index (χ3v) is 3.76. The molecule has 6 nitrogen and oxygen atoms in total. The number of carbonyl (C=O) groups is 2. The number of amides is 3. The summed E-state index contributed by atoms with van der Waals surface area (Å²) in [5, 5.41) is 8.18. The molecule has 0 radical (unpaired) electrons. The van der Waals surface area contributed by atoms with Crippen LogP contribution in [0.4, 0.5) is 16.2 Å². The van der Waals surface area contributed by atoms with Crippen LogP contribution in [0.3, 0.4) is 0 Å². The van der Waals surface area contributed by atoms with Crippen LogP contribution in [0.25, 0.3) is 0 Å². The molecule has 132 valence electrons. The molecular formula is C19H23N3O3. The summed E-state index contributed by atoms with van der Waals surface area (Å²) in [6.45, 7) is 9.48. The lowest BCUT2D eigenvalue weighted by molar-refractivity contribution is -0.117. The number of rotatable bonds is 6. The van der Waals surface area contributed by atoms with Gasteiger partial charge < -0.3 is 20.4 Å². The van der Waals surface area contributed by atoms with Crippen LogP contribution in [0.5, 0.6) is 0 Å². The molecule has 1 atom stereocenters. The molecule has 1 aromatic heterocycles. The van der Waals surface area contributed by atoms with Crippen molar-refractivity contribution in [2.45, 2.75) is 26.7 Å². The third-order valence-electron chi connectivity index (χ3n) is 3.76. The molecular weight excluding hydrogens is 318 g/mol. The molecule has 3 N–H and O–H groups in total. The Labute approximate surface area is 147 Å². The van der Waals surface area contributed by atoms with E-state index in [1.807, 2.05) is 26.8 Å². The molecule has 0 aliphatic heterocycles. The SMILES string of the molecule is C=CCNC(=O)Nc1ccc(NC(=O)[C@H](C)c2cc(C)oc2C)cc1.